The molecule has 0 unspecified atom stereocenters. The Morgan fingerprint density at radius 1 is 0.907 bits per heavy atom. The smallest absolute Gasteiger partial charge is 0.302 e. The van der Waals surface area contributed by atoms with Gasteiger partial charge in [0.05, 0.1) is 12.2 Å². The normalized spacial score (nSPS) is 32.1. The molecule has 7 N–H and O–H groups in total. The Morgan fingerprint density at radius 3 is 2.33 bits per heavy atom. The molecule has 2 fully saturated rings. The Balaban J connectivity index is 1.50. The number of hydrogen-bond donors (Lipinski definition) is 7. The van der Waals surface area contributed by atoms with Gasteiger partial charge in [-0.2, -0.15) is 0 Å². The van der Waals surface area contributed by atoms with Gasteiger partial charge in [-0.1, -0.05) is 0 Å². The van der Waals surface area contributed by atoms with Crippen molar-refractivity contribution < 1.29 is 73.8 Å². The molecule has 0 saturated carbocycles. The lowest BCUT2D eigenvalue weighted by atomic mass is 9.82. The first kappa shape index (κ1) is 30.8. The van der Waals surface area contributed by atoms with Crippen molar-refractivity contribution in [3.8, 4) is 17.2 Å². The standard InChI is InChI=1S/C28H30O15/c1-9-16(6-14-18(19(9)32)21(34)12-4-3-11(30)5-13(12)20(14)33)41-28-26(43-27-25(38)22(35)15(31)7-40-27)24(37)23(36)17(42-28)8-39-10(2)29/h3-6,15,17,22-28,30-32,35-38H,7-8H2,1-2H3/t15-,17+,22+,23+,24-,25-,26+,27+,28+/m0/s1. The molecule has 0 spiro atoms. The Kier molecular flexibility index (Phi) is 8.43. The monoisotopic (exact) mass is 606 g/mol. The third kappa shape index (κ3) is 5.57. The summed E-state index contributed by atoms with van der Waals surface area (Å²) in [5.41, 5.74) is -0.693. The van der Waals surface area contributed by atoms with Crippen LogP contribution in [0.1, 0.15) is 44.3 Å². The second kappa shape index (κ2) is 11.8. The fourth-order valence-corrected chi connectivity index (χ4v) is 5.13. The molecule has 9 atom stereocenters. The number of esters is 1. The molecule has 2 aromatic rings. The maximum absolute atomic E-state index is 13.3. The van der Waals surface area contributed by atoms with Gasteiger partial charge in [0.25, 0.3) is 0 Å². The average molecular weight is 607 g/mol. The van der Waals surface area contributed by atoms with Gasteiger partial charge in [0, 0.05) is 29.2 Å². The average Bonchev–Trinajstić information content (AvgIpc) is 2.96. The Labute approximate surface area is 243 Å². The van der Waals surface area contributed by atoms with E-state index in [4.69, 9.17) is 23.7 Å². The fourth-order valence-electron chi connectivity index (χ4n) is 5.13. The van der Waals surface area contributed by atoms with Gasteiger partial charge in [0.1, 0.15) is 60.5 Å². The summed E-state index contributed by atoms with van der Waals surface area (Å²) in [6.45, 7) is 1.53. The molecule has 0 radical (unpaired) electrons. The highest BCUT2D eigenvalue weighted by Crippen LogP contribution is 2.41. The largest absolute Gasteiger partial charge is 0.508 e. The van der Waals surface area contributed by atoms with E-state index in [-0.39, 0.29) is 39.3 Å². The van der Waals surface area contributed by atoms with Crippen LogP contribution in [0, 0.1) is 6.92 Å². The number of phenols is 2. The number of aliphatic hydroxyl groups excluding tert-OH is 5. The highest BCUT2D eigenvalue weighted by atomic mass is 16.8. The van der Waals surface area contributed by atoms with Crippen LogP contribution in [0.5, 0.6) is 17.2 Å². The van der Waals surface area contributed by atoms with Crippen LogP contribution in [0.3, 0.4) is 0 Å². The van der Waals surface area contributed by atoms with Crippen molar-refractivity contribution in [2.75, 3.05) is 13.2 Å². The van der Waals surface area contributed by atoms with E-state index >= 15 is 0 Å². The summed E-state index contributed by atoms with van der Waals surface area (Å²) in [6.07, 6.45) is -14.8. The molecule has 232 valence electrons. The van der Waals surface area contributed by atoms with Crippen molar-refractivity contribution in [3.63, 3.8) is 0 Å². The lowest BCUT2D eigenvalue weighted by Crippen LogP contribution is -2.64. The van der Waals surface area contributed by atoms with Gasteiger partial charge in [-0.05, 0) is 31.2 Å². The maximum atomic E-state index is 13.3. The summed E-state index contributed by atoms with van der Waals surface area (Å²) in [6, 6.07) is 4.76. The van der Waals surface area contributed by atoms with Crippen LogP contribution in [-0.2, 0) is 23.7 Å². The number of benzene rings is 2. The van der Waals surface area contributed by atoms with Crippen molar-refractivity contribution in [2.24, 2.45) is 0 Å². The van der Waals surface area contributed by atoms with Gasteiger partial charge in [-0.3, -0.25) is 14.4 Å². The van der Waals surface area contributed by atoms with Gasteiger partial charge in [0.2, 0.25) is 6.29 Å². The highest BCUT2D eigenvalue weighted by molar-refractivity contribution is 6.29. The molecule has 15 nitrogen and oxygen atoms in total. The van der Waals surface area contributed by atoms with Crippen LogP contribution in [-0.4, -0.2) is 122 Å². The molecule has 15 heteroatoms. The summed E-state index contributed by atoms with van der Waals surface area (Å²) >= 11 is 0. The molecule has 2 aromatic carbocycles. The minimum Gasteiger partial charge on any atom is -0.508 e. The summed E-state index contributed by atoms with van der Waals surface area (Å²) in [5, 5.41) is 72.7. The van der Waals surface area contributed by atoms with Crippen LogP contribution >= 0.6 is 0 Å². The van der Waals surface area contributed by atoms with Crippen LogP contribution in [0.4, 0.5) is 0 Å². The Bertz CT molecular complexity index is 1440. The number of ether oxygens (including phenoxy) is 5. The van der Waals surface area contributed by atoms with Crippen LogP contribution in [0.25, 0.3) is 0 Å². The number of aliphatic hydroxyl groups is 5. The van der Waals surface area contributed by atoms with Crippen molar-refractivity contribution in [3.05, 3.63) is 52.1 Å². The van der Waals surface area contributed by atoms with E-state index in [1.807, 2.05) is 0 Å². The van der Waals surface area contributed by atoms with Crippen molar-refractivity contribution in [2.45, 2.75) is 69.2 Å². The molecule has 2 aliphatic heterocycles. The number of carbonyl (C=O) groups excluding carboxylic acids is 3. The number of phenolic OH excluding ortho intramolecular Hbond substituents is 2. The molecule has 43 heavy (non-hydrogen) atoms. The SMILES string of the molecule is CC(=O)OC[C@H]1O[C@@H](Oc2cc3c(c(O)c2C)C(=O)c2ccc(O)cc2C3=O)[C@H](O[C@H]2OC[C@H](O)[C@@H](O)[C@@H]2O)[C@@H](O)[C@@H]1O. The second-order valence-electron chi connectivity index (χ2n) is 10.5. The van der Waals surface area contributed by atoms with Gasteiger partial charge in [-0.25, -0.2) is 0 Å². The number of rotatable bonds is 6. The van der Waals surface area contributed by atoms with Crippen molar-refractivity contribution in [1.82, 2.24) is 0 Å². The Hall–Kier alpha value is -3.67. The summed E-state index contributed by atoms with van der Waals surface area (Å²) < 4.78 is 27.5. The first-order valence-electron chi connectivity index (χ1n) is 13.2. The topological polar surface area (TPSA) is 239 Å². The van der Waals surface area contributed by atoms with E-state index in [2.05, 4.69) is 0 Å². The van der Waals surface area contributed by atoms with Crippen LogP contribution < -0.4 is 4.74 Å². The third-order valence-corrected chi connectivity index (χ3v) is 7.55. The van der Waals surface area contributed by atoms with Gasteiger partial charge in [0.15, 0.2) is 24.0 Å². The van der Waals surface area contributed by atoms with Gasteiger partial charge < -0.3 is 59.4 Å². The molecule has 5 rings (SSSR count). The molecule has 1 aliphatic carbocycles. The predicted molar refractivity (Wildman–Crippen MR) is 138 cm³/mol. The lowest BCUT2D eigenvalue weighted by molar-refractivity contribution is -0.345. The minimum absolute atomic E-state index is 0.0193. The molecule has 2 heterocycles. The predicted octanol–water partition coefficient (Wildman–Crippen LogP) is -1.61. The van der Waals surface area contributed by atoms with E-state index in [1.165, 1.54) is 19.1 Å². The van der Waals surface area contributed by atoms with E-state index in [0.29, 0.717) is 0 Å². The van der Waals surface area contributed by atoms with E-state index < -0.39 is 91.8 Å². The summed E-state index contributed by atoms with van der Waals surface area (Å²) in [7, 11) is 0. The zero-order chi connectivity index (χ0) is 31.3. The first-order valence-corrected chi connectivity index (χ1v) is 13.2. The van der Waals surface area contributed by atoms with Crippen LogP contribution in [0.15, 0.2) is 24.3 Å². The molecule has 2 saturated heterocycles. The number of carbonyl (C=O) groups is 3. The fraction of sp³-hybridized carbons (Fsp3) is 0.464. The van der Waals surface area contributed by atoms with E-state index in [9.17, 15) is 50.1 Å². The summed E-state index contributed by atoms with van der Waals surface area (Å²) in [4.78, 5) is 37.9. The highest BCUT2D eigenvalue weighted by Gasteiger charge is 2.50. The van der Waals surface area contributed by atoms with Crippen molar-refractivity contribution in [1.29, 1.82) is 0 Å². The third-order valence-electron chi connectivity index (χ3n) is 7.55. The molecular formula is C28H30O15. The summed E-state index contributed by atoms with van der Waals surface area (Å²) in [5.74, 6) is -3.14. The van der Waals surface area contributed by atoms with E-state index in [1.54, 1.807) is 0 Å². The quantitative estimate of drug-likeness (QED) is 0.156. The number of hydrogen-bond acceptors (Lipinski definition) is 15. The maximum Gasteiger partial charge on any atom is 0.302 e. The number of ketones is 2. The van der Waals surface area contributed by atoms with Gasteiger partial charge >= 0.3 is 5.97 Å². The molecule has 0 bridgehead atoms. The van der Waals surface area contributed by atoms with E-state index in [0.717, 1.165) is 19.1 Å². The van der Waals surface area contributed by atoms with Crippen LogP contribution in [0.2, 0.25) is 0 Å². The zero-order valence-electron chi connectivity index (χ0n) is 22.8. The van der Waals surface area contributed by atoms with Gasteiger partial charge in [-0.15, -0.1) is 0 Å². The van der Waals surface area contributed by atoms with Crippen molar-refractivity contribution >= 4 is 17.5 Å². The minimum atomic E-state index is -1.83. The Morgan fingerprint density at radius 2 is 1.63 bits per heavy atom. The first-order chi connectivity index (χ1) is 20.3. The number of fused-ring (bicyclic) bond motifs is 2. The zero-order valence-corrected chi connectivity index (χ0v) is 22.8. The second-order valence-corrected chi connectivity index (χ2v) is 10.5. The molecular weight excluding hydrogens is 576 g/mol. The number of aromatic hydroxyl groups is 2. The lowest BCUT2D eigenvalue weighted by Gasteiger charge is -2.44. The molecule has 3 aliphatic rings. The molecule has 0 amide bonds. The molecule has 0 aromatic heterocycles.